The van der Waals surface area contributed by atoms with Crippen LogP contribution in [-0.2, 0) is 4.79 Å². The van der Waals surface area contributed by atoms with E-state index in [0.29, 0.717) is 0 Å². The zero-order valence-electron chi connectivity index (χ0n) is 15.5. The summed E-state index contributed by atoms with van der Waals surface area (Å²) in [5.41, 5.74) is 0.969. The molecule has 2 atom stereocenters. The smallest absolute Gasteiger partial charge is 0.240 e. The molecule has 2 fully saturated rings. The molecule has 6 nitrogen and oxygen atoms in total. The van der Waals surface area contributed by atoms with Gasteiger partial charge in [-0.1, -0.05) is 12.1 Å². The molecular weight excluding hydrogens is 345 g/mol. The third kappa shape index (κ3) is 3.64. The van der Waals surface area contributed by atoms with Gasteiger partial charge in [0.1, 0.15) is 5.82 Å². The molecule has 2 aliphatic rings. The van der Waals surface area contributed by atoms with Crippen LogP contribution in [0.2, 0.25) is 0 Å². The lowest BCUT2D eigenvalue weighted by Gasteiger charge is -2.37. The van der Waals surface area contributed by atoms with Crippen LogP contribution in [-0.4, -0.2) is 64.4 Å². The van der Waals surface area contributed by atoms with Crippen LogP contribution in [0, 0.1) is 5.82 Å². The van der Waals surface area contributed by atoms with Gasteiger partial charge in [-0.3, -0.25) is 9.69 Å². The summed E-state index contributed by atoms with van der Waals surface area (Å²) in [4.78, 5) is 28.0. The van der Waals surface area contributed by atoms with Crippen molar-refractivity contribution in [3.63, 3.8) is 0 Å². The molecule has 27 heavy (non-hydrogen) atoms. The van der Waals surface area contributed by atoms with Crippen molar-refractivity contribution in [1.82, 2.24) is 19.8 Å². The molecule has 1 aromatic carbocycles. The summed E-state index contributed by atoms with van der Waals surface area (Å²) < 4.78 is 13.2. The van der Waals surface area contributed by atoms with Crippen LogP contribution >= 0.6 is 0 Å². The van der Waals surface area contributed by atoms with E-state index in [0.717, 1.165) is 50.7 Å². The molecule has 0 spiro atoms. The maximum Gasteiger partial charge on any atom is 0.240 e. The third-order valence-electron chi connectivity index (χ3n) is 5.62. The highest BCUT2D eigenvalue weighted by Crippen LogP contribution is 2.28. The van der Waals surface area contributed by atoms with Gasteiger partial charge in [-0.05, 0) is 37.1 Å². The monoisotopic (exact) mass is 369 g/mol. The lowest BCUT2D eigenvalue weighted by atomic mass is 10.1. The number of anilines is 1. The standard InChI is InChI=1S/C20H24FN5O/c1-15(16-3-5-17(21)6-4-16)26-10-7-18(19(26)27)24-11-13-25(14-12-24)20-22-8-2-9-23-20/h2-6,8-9,15,18H,7,10-14H2,1H3. The number of rotatable bonds is 4. The van der Waals surface area contributed by atoms with Crippen LogP contribution in [0.25, 0.3) is 0 Å². The third-order valence-corrected chi connectivity index (χ3v) is 5.62. The van der Waals surface area contributed by atoms with E-state index >= 15 is 0 Å². The number of benzene rings is 1. The molecule has 2 unspecified atom stereocenters. The molecular formula is C20H24FN5O. The van der Waals surface area contributed by atoms with Gasteiger partial charge in [0, 0.05) is 45.1 Å². The predicted molar refractivity (Wildman–Crippen MR) is 101 cm³/mol. The zero-order valence-corrected chi connectivity index (χ0v) is 15.5. The van der Waals surface area contributed by atoms with Crippen molar-refractivity contribution in [2.75, 3.05) is 37.6 Å². The van der Waals surface area contributed by atoms with Crippen molar-refractivity contribution in [2.45, 2.75) is 25.4 Å². The van der Waals surface area contributed by atoms with Gasteiger partial charge in [-0.25, -0.2) is 14.4 Å². The van der Waals surface area contributed by atoms with E-state index in [2.05, 4.69) is 19.8 Å². The fraction of sp³-hybridized carbons (Fsp3) is 0.450. The van der Waals surface area contributed by atoms with Crippen LogP contribution in [0.1, 0.15) is 24.9 Å². The summed E-state index contributed by atoms with van der Waals surface area (Å²) in [6.45, 7) is 6.05. The summed E-state index contributed by atoms with van der Waals surface area (Å²) in [5.74, 6) is 0.675. The first-order chi connectivity index (χ1) is 13.1. The highest BCUT2D eigenvalue weighted by atomic mass is 19.1. The molecule has 0 saturated carbocycles. The Hall–Kier alpha value is -2.54. The van der Waals surface area contributed by atoms with E-state index in [1.165, 1.54) is 12.1 Å². The molecule has 0 radical (unpaired) electrons. The second-order valence-electron chi connectivity index (χ2n) is 7.14. The molecule has 0 bridgehead atoms. The van der Waals surface area contributed by atoms with Gasteiger partial charge in [0.2, 0.25) is 11.9 Å². The number of hydrogen-bond donors (Lipinski definition) is 0. The molecule has 3 heterocycles. The molecule has 7 heteroatoms. The highest BCUT2D eigenvalue weighted by Gasteiger charge is 2.39. The van der Waals surface area contributed by atoms with Crippen LogP contribution in [0.3, 0.4) is 0 Å². The molecule has 2 aliphatic heterocycles. The Morgan fingerprint density at radius 2 is 1.70 bits per heavy atom. The Morgan fingerprint density at radius 3 is 2.37 bits per heavy atom. The number of piperazine rings is 1. The molecule has 4 rings (SSSR count). The van der Waals surface area contributed by atoms with Crippen molar-refractivity contribution in [2.24, 2.45) is 0 Å². The van der Waals surface area contributed by atoms with Crippen molar-refractivity contribution in [1.29, 1.82) is 0 Å². The van der Waals surface area contributed by atoms with Gasteiger partial charge >= 0.3 is 0 Å². The summed E-state index contributed by atoms with van der Waals surface area (Å²) in [6, 6.07) is 8.14. The fourth-order valence-corrected chi connectivity index (χ4v) is 4.02. The molecule has 0 aliphatic carbocycles. The molecule has 1 amide bonds. The summed E-state index contributed by atoms with van der Waals surface area (Å²) in [6.07, 6.45) is 4.35. The zero-order chi connectivity index (χ0) is 18.8. The van der Waals surface area contributed by atoms with E-state index in [4.69, 9.17) is 0 Å². The SMILES string of the molecule is CC(c1ccc(F)cc1)N1CCC(N2CCN(c3ncccn3)CC2)C1=O. The maximum absolute atomic E-state index is 13.2. The lowest BCUT2D eigenvalue weighted by molar-refractivity contribution is -0.134. The lowest BCUT2D eigenvalue weighted by Crippen LogP contribution is -2.53. The molecule has 0 N–H and O–H groups in total. The number of carbonyl (C=O) groups is 1. The van der Waals surface area contributed by atoms with Crippen LogP contribution in [0.5, 0.6) is 0 Å². The maximum atomic E-state index is 13.2. The number of halogens is 1. The number of nitrogens with zero attached hydrogens (tertiary/aromatic N) is 5. The van der Waals surface area contributed by atoms with Gasteiger partial charge in [0.25, 0.3) is 0 Å². The number of carbonyl (C=O) groups excluding carboxylic acids is 1. The first-order valence-corrected chi connectivity index (χ1v) is 9.45. The van der Waals surface area contributed by atoms with Crippen LogP contribution in [0.15, 0.2) is 42.7 Å². The molecule has 1 aromatic heterocycles. The minimum absolute atomic E-state index is 0.0397. The quantitative estimate of drug-likeness (QED) is 0.826. The normalized spacial score (nSPS) is 22.3. The molecule has 2 saturated heterocycles. The fourth-order valence-electron chi connectivity index (χ4n) is 4.02. The average molecular weight is 369 g/mol. The van der Waals surface area contributed by atoms with E-state index in [1.54, 1.807) is 24.5 Å². The second-order valence-corrected chi connectivity index (χ2v) is 7.14. The Morgan fingerprint density at radius 1 is 1.04 bits per heavy atom. The number of hydrogen-bond acceptors (Lipinski definition) is 5. The van der Waals surface area contributed by atoms with E-state index in [9.17, 15) is 9.18 Å². The highest BCUT2D eigenvalue weighted by molar-refractivity contribution is 5.84. The minimum atomic E-state index is -0.253. The van der Waals surface area contributed by atoms with Crippen LogP contribution < -0.4 is 4.90 Å². The molecule has 2 aromatic rings. The van der Waals surface area contributed by atoms with E-state index in [1.807, 2.05) is 17.9 Å². The summed E-state index contributed by atoms with van der Waals surface area (Å²) >= 11 is 0. The van der Waals surface area contributed by atoms with Gasteiger partial charge in [0.05, 0.1) is 12.1 Å². The van der Waals surface area contributed by atoms with E-state index < -0.39 is 0 Å². The summed E-state index contributed by atoms with van der Waals surface area (Å²) in [7, 11) is 0. The number of amides is 1. The number of aromatic nitrogens is 2. The van der Waals surface area contributed by atoms with Crippen molar-refractivity contribution in [3.8, 4) is 0 Å². The van der Waals surface area contributed by atoms with Crippen LogP contribution in [0.4, 0.5) is 10.3 Å². The Bertz CT molecular complexity index is 777. The topological polar surface area (TPSA) is 52.6 Å². The Balaban J connectivity index is 1.37. The largest absolute Gasteiger partial charge is 0.338 e. The van der Waals surface area contributed by atoms with Gasteiger partial charge in [0.15, 0.2) is 0 Å². The Kier molecular flexibility index (Phi) is 5.03. The first kappa shape index (κ1) is 17.9. The molecule has 142 valence electrons. The summed E-state index contributed by atoms with van der Waals surface area (Å²) in [5, 5.41) is 0. The average Bonchev–Trinajstić information content (AvgIpc) is 3.10. The van der Waals surface area contributed by atoms with Crippen molar-refractivity contribution in [3.05, 3.63) is 54.1 Å². The van der Waals surface area contributed by atoms with Crippen molar-refractivity contribution < 1.29 is 9.18 Å². The van der Waals surface area contributed by atoms with Crippen molar-refractivity contribution >= 4 is 11.9 Å². The first-order valence-electron chi connectivity index (χ1n) is 9.45. The predicted octanol–water partition coefficient (Wildman–Crippen LogP) is 2.10. The van der Waals surface area contributed by atoms with Gasteiger partial charge < -0.3 is 9.80 Å². The minimum Gasteiger partial charge on any atom is -0.338 e. The Labute approximate surface area is 158 Å². The second kappa shape index (κ2) is 7.60. The van der Waals surface area contributed by atoms with Gasteiger partial charge in [-0.15, -0.1) is 0 Å². The van der Waals surface area contributed by atoms with E-state index in [-0.39, 0.29) is 23.8 Å². The number of likely N-dealkylation sites (tertiary alicyclic amines) is 1. The van der Waals surface area contributed by atoms with Gasteiger partial charge in [-0.2, -0.15) is 0 Å².